The van der Waals surface area contributed by atoms with Crippen molar-refractivity contribution in [2.45, 2.75) is 39.0 Å². The first kappa shape index (κ1) is 21.0. The van der Waals surface area contributed by atoms with Gasteiger partial charge in [-0.2, -0.15) is 0 Å². The van der Waals surface area contributed by atoms with E-state index in [0.29, 0.717) is 0 Å². The second-order valence-corrected chi connectivity index (χ2v) is 7.49. The molecule has 1 amide bonds. The van der Waals surface area contributed by atoms with E-state index in [1.54, 1.807) is 0 Å². The third-order valence-corrected chi connectivity index (χ3v) is 4.89. The quantitative estimate of drug-likeness (QED) is 0.753. The summed E-state index contributed by atoms with van der Waals surface area (Å²) in [6.45, 7) is 7.66. The molecule has 29 heavy (non-hydrogen) atoms. The molecule has 0 aromatic heterocycles. The highest BCUT2D eigenvalue weighted by Crippen LogP contribution is 2.24. The van der Waals surface area contributed by atoms with Crippen LogP contribution < -0.4 is 10.2 Å². The number of morpholine rings is 1. The Morgan fingerprint density at radius 3 is 2.59 bits per heavy atom. The Balaban J connectivity index is 1.65. The van der Waals surface area contributed by atoms with Crippen LogP contribution in [0.25, 0.3) is 6.08 Å². The molecule has 1 N–H and O–H groups in total. The molecule has 0 radical (unpaired) electrons. The lowest BCUT2D eigenvalue weighted by molar-refractivity contribution is -0.117. The third-order valence-electron chi connectivity index (χ3n) is 4.89. The number of amides is 1. The van der Waals surface area contributed by atoms with E-state index in [1.165, 1.54) is 18.2 Å². The van der Waals surface area contributed by atoms with Gasteiger partial charge in [0.05, 0.1) is 18.2 Å². The van der Waals surface area contributed by atoms with Gasteiger partial charge >= 0.3 is 0 Å². The number of rotatable bonds is 5. The summed E-state index contributed by atoms with van der Waals surface area (Å²) in [5.41, 5.74) is 2.23. The second kappa shape index (κ2) is 9.18. The highest BCUT2D eigenvalue weighted by molar-refractivity contribution is 5.92. The van der Waals surface area contributed by atoms with Crippen LogP contribution in [0.2, 0.25) is 0 Å². The molecule has 1 aliphatic heterocycles. The molecule has 6 heteroatoms. The summed E-state index contributed by atoms with van der Waals surface area (Å²) in [6, 6.07) is 11.1. The zero-order valence-corrected chi connectivity index (χ0v) is 16.9. The predicted molar refractivity (Wildman–Crippen MR) is 111 cm³/mol. The van der Waals surface area contributed by atoms with E-state index in [0.717, 1.165) is 36.5 Å². The van der Waals surface area contributed by atoms with Crippen LogP contribution in [-0.2, 0) is 9.53 Å². The fraction of sp³-hybridized carbons (Fsp3) is 0.348. The van der Waals surface area contributed by atoms with Gasteiger partial charge in [0.1, 0.15) is 11.6 Å². The van der Waals surface area contributed by atoms with Crippen molar-refractivity contribution in [1.29, 1.82) is 0 Å². The van der Waals surface area contributed by atoms with Crippen molar-refractivity contribution in [3.05, 3.63) is 71.3 Å². The highest BCUT2D eigenvalue weighted by atomic mass is 19.1. The number of nitrogens with zero attached hydrogens (tertiary/aromatic N) is 1. The molecule has 1 aliphatic rings. The number of carbonyl (C=O) groups excluding carboxylic acids is 1. The molecule has 2 aromatic carbocycles. The van der Waals surface area contributed by atoms with Crippen LogP contribution in [0.5, 0.6) is 0 Å². The molecule has 0 aliphatic carbocycles. The number of halogens is 2. The third kappa shape index (κ3) is 5.64. The predicted octanol–water partition coefficient (Wildman–Crippen LogP) is 4.47. The fourth-order valence-electron chi connectivity index (χ4n) is 3.53. The van der Waals surface area contributed by atoms with Gasteiger partial charge in [-0.3, -0.25) is 4.79 Å². The Bertz CT molecular complexity index is 890. The van der Waals surface area contributed by atoms with Gasteiger partial charge in [0.25, 0.3) is 0 Å². The van der Waals surface area contributed by atoms with Gasteiger partial charge in [-0.1, -0.05) is 12.1 Å². The van der Waals surface area contributed by atoms with Gasteiger partial charge in [0.2, 0.25) is 5.91 Å². The minimum atomic E-state index is -0.705. The number of benzene rings is 2. The monoisotopic (exact) mass is 400 g/mol. The van der Waals surface area contributed by atoms with Gasteiger partial charge < -0.3 is 15.0 Å². The Kier molecular flexibility index (Phi) is 6.64. The van der Waals surface area contributed by atoms with Crippen molar-refractivity contribution in [2.24, 2.45) is 0 Å². The SMILES string of the molecule is CC1CN(c2cccc(C(C)NC(=O)/C=C/c3ccc(F)cc3F)c2)CC(C)O1. The first-order valence-corrected chi connectivity index (χ1v) is 9.76. The van der Waals surface area contributed by atoms with Gasteiger partial charge in [-0.05, 0) is 56.7 Å². The van der Waals surface area contributed by atoms with E-state index < -0.39 is 11.6 Å². The molecular formula is C23H26F2N2O2. The molecule has 3 unspecified atom stereocenters. The summed E-state index contributed by atoms with van der Waals surface area (Å²) in [5.74, 6) is -1.70. The number of nitrogens with one attached hydrogen (secondary N) is 1. The van der Waals surface area contributed by atoms with Crippen molar-refractivity contribution < 1.29 is 18.3 Å². The van der Waals surface area contributed by atoms with E-state index in [9.17, 15) is 13.6 Å². The first-order chi connectivity index (χ1) is 13.8. The Hall–Kier alpha value is -2.73. The van der Waals surface area contributed by atoms with Crippen molar-refractivity contribution in [1.82, 2.24) is 5.32 Å². The number of ether oxygens (including phenoxy) is 1. The number of carbonyl (C=O) groups is 1. The molecule has 2 aromatic rings. The van der Waals surface area contributed by atoms with E-state index in [-0.39, 0.29) is 29.7 Å². The maximum absolute atomic E-state index is 13.7. The average molecular weight is 400 g/mol. The molecule has 4 nitrogen and oxygen atoms in total. The Labute approximate surface area is 170 Å². The lowest BCUT2D eigenvalue weighted by Gasteiger charge is -2.37. The van der Waals surface area contributed by atoms with Gasteiger partial charge in [-0.25, -0.2) is 8.78 Å². The largest absolute Gasteiger partial charge is 0.372 e. The standard InChI is InChI=1S/C23H26F2N2O2/c1-15-13-27(14-16(2)29-15)21-6-4-5-19(11-21)17(3)26-23(28)10-8-18-7-9-20(24)12-22(18)25/h4-12,15-17H,13-14H2,1-3H3,(H,26,28)/b10-8+. The average Bonchev–Trinajstić information content (AvgIpc) is 2.66. The molecule has 1 saturated heterocycles. The zero-order valence-electron chi connectivity index (χ0n) is 16.9. The zero-order chi connectivity index (χ0) is 21.0. The summed E-state index contributed by atoms with van der Waals surface area (Å²) in [6.07, 6.45) is 2.92. The van der Waals surface area contributed by atoms with Gasteiger partial charge in [0, 0.05) is 36.5 Å². The maximum Gasteiger partial charge on any atom is 0.244 e. The molecule has 0 spiro atoms. The summed E-state index contributed by atoms with van der Waals surface area (Å²) >= 11 is 0. The van der Waals surface area contributed by atoms with E-state index in [2.05, 4.69) is 36.2 Å². The van der Waals surface area contributed by atoms with E-state index in [1.807, 2.05) is 19.1 Å². The number of hydrogen-bond donors (Lipinski definition) is 1. The molecule has 1 heterocycles. The molecule has 3 rings (SSSR count). The lowest BCUT2D eigenvalue weighted by Crippen LogP contribution is -2.45. The topological polar surface area (TPSA) is 41.6 Å². The smallest absolute Gasteiger partial charge is 0.244 e. The van der Waals surface area contributed by atoms with E-state index >= 15 is 0 Å². The molecule has 154 valence electrons. The van der Waals surface area contributed by atoms with Crippen LogP contribution in [0.3, 0.4) is 0 Å². The molecule has 0 saturated carbocycles. The van der Waals surface area contributed by atoms with E-state index in [4.69, 9.17) is 4.74 Å². The molecular weight excluding hydrogens is 374 g/mol. The molecule has 1 fully saturated rings. The summed E-state index contributed by atoms with van der Waals surface area (Å²) in [5, 5.41) is 2.88. The van der Waals surface area contributed by atoms with Gasteiger partial charge in [-0.15, -0.1) is 0 Å². The maximum atomic E-state index is 13.7. The van der Waals surface area contributed by atoms with Crippen molar-refractivity contribution in [2.75, 3.05) is 18.0 Å². The minimum absolute atomic E-state index is 0.159. The van der Waals surface area contributed by atoms with Crippen LogP contribution in [0.1, 0.15) is 37.9 Å². The Morgan fingerprint density at radius 1 is 1.17 bits per heavy atom. The van der Waals surface area contributed by atoms with Crippen LogP contribution in [-0.4, -0.2) is 31.2 Å². The van der Waals surface area contributed by atoms with Crippen LogP contribution in [0, 0.1) is 11.6 Å². The van der Waals surface area contributed by atoms with Crippen LogP contribution in [0.4, 0.5) is 14.5 Å². The normalized spacial score (nSPS) is 20.7. The van der Waals surface area contributed by atoms with Gasteiger partial charge in [0.15, 0.2) is 0 Å². The first-order valence-electron chi connectivity index (χ1n) is 9.76. The molecule has 0 bridgehead atoms. The van der Waals surface area contributed by atoms with Crippen molar-refractivity contribution >= 4 is 17.7 Å². The van der Waals surface area contributed by atoms with Crippen molar-refractivity contribution in [3.63, 3.8) is 0 Å². The Morgan fingerprint density at radius 2 is 1.90 bits per heavy atom. The van der Waals surface area contributed by atoms with Crippen molar-refractivity contribution in [3.8, 4) is 0 Å². The van der Waals surface area contributed by atoms with Crippen LogP contribution >= 0.6 is 0 Å². The fourth-order valence-corrected chi connectivity index (χ4v) is 3.53. The minimum Gasteiger partial charge on any atom is -0.372 e. The summed E-state index contributed by atoms with van der Waals surface area (Å²) < 4.78 is 32.4. The summed E-state index contributed by atoms with van der Waals surface area (Å²) in [7, 11) is 0. The lowest BCUT2D eigenvalue weighted by atomic mass is 10.1. The highest BCUT2D eigenvalue weighted by Gasteiger charge is 2.22. The number of hydrogen-bond acceptors (Lipinski definition) is 3. The second-order valence-electron chi connectivity index (χ2n) is 7.49. The van der Waals surface area contributed by atoms with Crippen LogP contribution in [0.15, 0.2) is 48.5 Å². The number of anilines is 1. The molecule has 3 atom stereocenters. The summed E-state index contributed by atoms with van der Waals surface area (Å²) in [4.78, 5) is 14.5.